The predicted molar refractivity (Wildman–Crippen MR) is 61.1 cm³/mol. The zero-order valence-electron chi connectivity index (χ0n) is 9.91. The lowest BCUT2D eigenvalue weighted by Gasteiger charge is -1.98. The molecule has 0 aliphatic carbocycles. The zero-order valence-corrected chi connectivity index (χ0v) is 9.91. The number of nitro groups is 1. The lowest BCUT2D eigenvalue weighted by atomic mass is 10.1. The molecule has 19 heavy (non-hydrogen) atoms. The van der Waals surface area contributed by atoms with Gasteiger partial charge in [-0.05, 0) is 13.0 Å². The fraction of sp³-hybridized carbons (Fsp3) is 0.250. The van der Waals surface area contributed by atoms with Gasteiger partial charge in [0.25, 0.3) is 0 Å². The Kier molecular flexibility index (Phi) is 4.94. The van der Waals surface area contributed by atoms with Crippen molar-refractivity contribution in [2.24, 2.45) is 0 Å². The first kappa shape index (κ1) is 14.6. The van der Waals surface area contributed by atoms with Crippen molar-refractivity contribution in [3.63, 3.8) is 0 Å². The first-order valence-electron chi connectivity index (χ1n) is 5.23. The number of benzene rings is 1. The number of esters is 1. The summed E-state index contributed by atoms with van der Waals surface area (Å²) < 4.78 is 30.8. The highest BCUT2D eigenvalue weighted by Crippen LogP contribution is 2.23. The molecule has 0 bridgehead atoms. The van der Waals surface area contributed by atoms with Gasteiger partial charge in [0.05, 0.1) is 11.5 Å². The summed E-state index contributed by atoms with van der Waals surface area (Å²) in [5, 5.41) is 10.6. The third-order valence-corrected chi connectivity index (χ3v) is 1.97. The summed E-state index contributed by atoms with van der Waals surface area (Å²) in [7, 11) is 0. The molecule has 0 aliphatic heterocycles. The van der Waals surface area contributed by atoms with Crippen molar-refractivity contribution in [2.45, 2.75) is 13.3 Å². The molecule has 0 aliphatic rings. The molecule has 0 amide bonds. The summed E-state index contributed by atoms with van der Waals surface area (Å²) in [6.45, 7) is 1.79. The van der Waals surface area contributed by atoms with E-state index in [-0.39, 0.29) is 13.0 Å². The summed E-state index contributed by atoms with van der Waals surface area (Å²) in [6, 6.07) is 1.13. The molecule has 100 valence electrons. The van der Waals surface area contributed by atoms with Crippen LogP contribution in [0.2, 0.25) is 0 Å². The molecular formula is C12H9F2NO4. The SMILES string of the molecule is CCOC(=O)CC#Cc1cc(F)cc(F)c1[N+](=O)[O-]. The van der Waals surface area contributed by atoms with Crippen LogP contribution in [0.3, 0.4) is 0 Å². The van der Waals surface area contributed by atoms with Gasteiger partial charge in [0.15, 0.2) is 0 Å². The van der Waals surface area contributed by atoms with E-state index in [4.69, 9.17) is 0 Å². The van der Waals surface area contributed by atoms with E-state index in [1.165, 1.54) is 0 Å². The minimum Gasteiger partial charge on any atom is -0.465 e. The van der Waals surface area contributed by atoms with Crippen molar-refractivity contribution in [1.29, 1.82) is 0 Å². The summed E-state index contributed by atoms with van der Waals surface area (Å²) in [4.78, 5) is 20.6. The number of nitro benzene ring substituents is 1. The van der Waals surface area contributed by atoms with E-state index in [1.807, 2.05) is 0 Å². The zero-order chi connectivity index (χ0) is 14.4. The fourth-order valence-electron chi connectivity index (χ4n) is 1.27. The van der Waals surface area contributed by atoms with Crippen LogP contribution in [-0.2, 0) is 9.53 Å². The van der Waals surface area contributed by atoms with Crippen LogP contribution in [0, 0.1) is 33.6 Å². The predicted octanol–water partition coefficient (Wildman–Crippen LogP) is 2.18. The molecule has 0 fully saturated rings. The van der Waals surface area contributed by atoms with Crippen LogP contribution in [0.15, 0.2) is 12.1 Å². The van der Waals surface area contributed by atoms with Crippen molar-refractivity contribution in [1.82, 2.24) is 0 Å². The molecule has 0 unspecified atom stereocenters. The Balaban J connectivity index is 3.04. The number of nitrogens with zero attached hydrogens (tertiary/aromatic N) is 1. The smallest absolute Gasteiger partial charge is 0.320 e. The minimum absolute atomic E-state index is 0.176. The largest absolute Gasteiger partial charge is 0.465 e. The monoisotopic (exact) mass is 269 g/mol. The molecule has 0 radical (unpaired) electrons. The molecule has 0 heterocycles. The second-order valence-electron chi connectivity index (χ2n) is 3.32. The number of halogens is 2. The van der Waals surface area contributed by atoms with Gasteiger partial charge in [-0.15, -0.1) is 0 Å². The molecule has 0 atom stereocenters. The van der Waals surface area contributed by atoms with Gasteiger partial charge in [-0.1, -0.05) is 11.8 Å². The molecular weight excluding hydrogens is 260 g/mol. The number of carbonyl (C=O) groups excluding carboxylic acids is 1. The normalized spacial score (nSPS) is 9.42. The Morgan fingerprint density at radius 2 is 2.16 bits per heavy atom. The van der Waals surface area contributed by atoms with Gasteiger partial charge < -0.3 is 4.74 Å². The molecule has 0 saturated heterocycles. The second-order valence-corrected chi connectivity index (χ2v) is 3.32. The van der Waals surface area contributed by atoms with Crippen molar-refractivity contribution >= 4 is 11.7 Å². The molecule has 5 nitrogen and oxygen atoms in total. The van der Waals surface area contributed by atoms with Crippen LogP contribution in [0.1, 0.15) is 18.9 Å². The van der Waals surface area contributed by atoms with Crippen LogP contribution >= 0.6 is 0 Å². The molecule has 1 rings (SSSR count). The maximum atomic E-state index is 13.2. The highest BCUT2D eigenvalue weighted by atomic mass is 19.1. The molecule has 1 aromatic rings. The third-order valence-electron chi connectivity index (χ3n) is 1.97. The quantitative estimate of drug-likeness (QED) is 0.365. The lowest BCUT2D eigenvalue weighted by Crippen LogP contribution is -2.02. The first-order valence-corrected chi connectivity index (χ1v) is 5.23. The Labute approximate surface area is 107 Å². The van der Waals surface area contributed by atoms with Gasteiger partial charge in [-0.3, -0.25) is 14.9 Å². The number of ether oxygens (including phenoxy) is 1. The van der Waals surface area contributed by atoms with Gasteiger partial charge in [0, 0.05) is 6.07 Å². The highest BCUT2D eigenvalue weighted by Gasteiger charge is 2.20. The number of hydrogen-bond donors (Lipinski definition) is 0. The number of rotatable bonds is 3. The molecule has 1 aromatic carbocycles. The molecule has 0 spiro atoms. The maximum Gasteiger partial charge on any atom is 0.320 e. The van der Waals surface area contributed by atoms with Crippen molar-refractivity contribution in [3.8, 4) is 11.8 Å². The van der Waals surface area contributed by atoms with E-state index in [0.717, 1.165) is 6.07 Å². The van der Waals surface area contributed by atoms with E-state index in [0.29, 0.717) is 6.07 Å². The van der Waals surface area contributed by atoms with E-state index < -0.39 is 33.8 Å². The summed E-state index contributed by atoms with van der Waals surface area (Å²) >= 11 is 0. The minimum atomic E-state index is -1.31. The Morgan fingerprint density at radius 1 is 1.47 bits per heavy atom. The topological polar surface area (TPSA) is 69.4 Å². The second kappa shape index (κ2) is 6.44. The van der Waals surface area contributed by atoms with E-state index in [9.17, 15) is 23.7 Å². The van der Waals surface area contributed by atoms with Crippen molar-refractivity contribution in [2.75, 3.05) is 6.61 Å². The van der Waals surface area contributed by atoms with Gasteiger partial charge in [-0.2, -0.15) is 4.39 Å². The van der Waals surface area contributed by atoms with Crippen LogP contribution in [0.25, 0.3) is 0 Å². The Bertz CT molecular complexity index is 575. The maximum absolute atomic E-state index is 13.2. The molecule has 0 N–H and O–H groups in total. The van der Waals surface area contributed by atoms with Gasteiger partial charge in [-0.25, -0.2) is 4.39 Å². The van der Waals surface area contributed by atoms with Crippen LogP contribution in [-0.4, -0.2) is 17.5 Å². The summed E-state index contributed by atoms with van der Waals surface area (Å²) in [5.74, 6) is 1.55. The molecule has 7 heteroatoms. The summed E-state index contributed by atoms with van der Waals surface area (Å²) in [5.41, 5.74) is -1.34. The number of hydrogen-bond acceptors (Lipinski definition) is 4. The highest BCUT2D eigenvalue weighted by molar-refractivity contribution is 5.72. The van der Waals surface area contributed by atoms with E-state index >= 15 is 0 Å². The standard InChI is InChI=1S/C12H9F2NO4/c1-2-19-11(16)5-3-4-8-6-9(13)7-10(14)12(8)15(17)18/h6-7H,2,5H2,1H3. The summed E-state index contributed by atoms with van der Waals surface area (Å²) in [6.07, 6.45) is -0.316. The Hall–Kier alpha value is -2.49. The van der Waals surface area contributed by atoms with Crippen molar-refractivity contribution < 1.29 is 23.2 Å². The molecule has 0 aromatic heterocycles. The van der Waals surface area contributed by atoms with Gasteiger partial charge in [0.1, 0.15) is 17.8 Å². The van der Waals surface area contributed by atoms with Gasteiger partial charge >= 0.3 is 11.7 Å². The number of carbonyl (C=O) groups is 1. The Morgan fingerprint density at radius 3 is 2.74 bits per heavy atom. The van der Waals surface area contributed by atoms with Crippen molar-refractivity contribution in [3.05, 3.63) is 39.4 Å². The van der Waals surface area contributed by atoms with E-state index in [1.54, 1.807) is 6.92 Å². The third kappa shape index (κ3) is 4.03. The first-order chi connectivity index (χ1) is 8.95. The lowest BCUT2D eigenvalue weighted by molar-refractivity contribution is -0.387. The van der Waals surface area contributed by atoms with E-state index in [2.05, 4.69) is 16.6 Å². The fourth-order valence-corrected chi connectivity index (χ4v) is 1.27. The van der Waals surface area contributed by atoms with Crippen LogP contribution in [0.5, 0.6) is 0 Å². The molecule has 0 saturated carbocycles. The van der Waals surface area contributed by atoms with Crippen LogP contribution < -0.4 is 0 Å². The average Bonchev–Trinajstić information content (AvgIpc) is 2.27. The van der Waals surface area contributed by atoms with Gasteiger partial charge in [0.2, 0.25) is 5.82 Å². The van der Waals surface area contributed by atoms with Crippen LogP contribution in [0.4, 0.5) is 14.5 Å². The average molecular weight is 269 g/mol.